The number of amides is 2. The Morgan fingerprint density at radius 1 is 1.00 bits per heavy atom. The van der Waals surface area contributed by atoms with E-state index in [4.69, 9.17) is 4.74 Å². The number of hydrogen-bond donors (Lipinski definition) is 2. The summed E-state index contributed by atoms with van der Waals surface area (Å²) in [5.41, 5.74) is 1.93. The monoisotopic (exact) mass is 368 g/mol. The van der Waals surface area contributed by atoms with Crippen LogP contribution >= 0.6 is 0 Å². The zero-order valence-corrected chi connectivity index (χ0v) is 14.9. The Labute approximate surface area is 156 Å². The maximum atomic E-state index is 11.8. The van der Waals surface area contributed by atoms with Crippen LogP contribution in [0.5, 0.6) is 5.75 Å². The van der Waals surface area contributed by atoms with Crippen LogP contribution in [0.2, 0.25) is 0 Å². The molecule has 0 unspecified atom stereocenters. The maximum absolute atomic E-state index is 11.8. The molecule has 2 aromatic rings. The quantitative estimate of drug-likeness (QED) is 0.421. The number of hydrogen-bond acceptors (Lipinski definition) is 7. The van der Waals surface area contributed by atoms with Crippen molar-refractivity contribution in [3.63, 3.8) is 0 Å². The number of carbonyl (C=O) groups excluding carboxylic acids is 2. The second-order valence-electron chi connectivity index (χ2n) is 5.97. The molecule has 1 saturated heterocycles. The largest absolute Gasteiger partial charge is 0.495 e. The van der Waals surface area contributed by atoms with E-state index >= 15 is 0 Å². The van der Waals surface area contributed by atoms with Crippen molar-refractivity contribution in [2.24, 2.45) is 5.18 Å². The normalized spacial score (nSPS) is 13.6. The van der Waals surface area contributed by atoms with Gasteiger partial charge >= 0.3 is 0 Å². The second-order valence-corrected chi connectivity index (χ2v) is 5.97. The standard InChI is InChI=1S/C19H20N4O4/c1-27-17-5-3-2-4-15(17)21-11-10-20-14-7-6-13(12-16(14)22-26)23-18(24)8-9-19(23)25/h2-7,12,20-21H,8-11H2,1H3. The van der Waals surface area contributed by atoms with Crippen LogP contribution in [-0.4, -0.2) is 32.0 Å². The van der Waals surface area contributed by atoms with E-state index in [0.717, 1.165) is 16.3 Å². The maximum Gasteiger partial charge on any atom is 0.234 e. The summed E-state index contributed by atoms with van der Waals surface area (Å²) in [6, 6.07) is 12.3. The molecule has 0 aromatic heterocycles. The van der Waals surface area contributed by atoms with Crippen LogP contribution in [0.1, 0.15) is 12.8 Å². The number of rotatable bonds is 8. The number of ether oxygens (including phenoxy) is 1. The second kappa shape index (κ2) is 8.31. The SMILES string of the molecule is COc1ccccc1NCCNc1ccc(N2C(=O)CCC2=O)cc1N=O. The average Bonchev–Trinajstić information content (AvgIpc) is 3.03. The van der Waals surface area contributed by atoms with Crippen molar-refractivity contribution in [3.8, 4) is 5.75 Å². The third-order valence-corrected chi connectivity index (χ3v) is 4.25. The van der Waals surface area contributed by atoms with Crippen molar-refractivity contribution in [3.05, 3.63) is 47.4 Å². The highest BCUT2D eigenvalue weighted by Crippen LogP contribution is 2.32. The summed E-state index contributed by atoms with van der Waals surface area (Å²) in [7, 11) is 1.61. The predicted octanol–water partition coefficient (Wildman–Crippen LogP) is 3.27. The fourth-order valence-corrected chi connectivity index (χ4v) is 2.93. The van der Waals surface area contributed by atoms with Crippen LogP contribution in [0.15, 0.2) is 47.6 Å². The molecule has 0 atom stereocenters. The minimum Gasteiger partial charge on any atom is -0.495 e. The van der Waals surface area contributed by atoms with E-state index in [9.17, 15) is 14.5 Å². The first-order chi connectivity index (χ1) is 13.1. The van der Waals surface area contributed by atoms with Crippen LogP contribution in [0, 0.1) is 4.91 Å². The molecule has 0 aliphatic carbocycles. The van der Waals surface area contributed by atoms with Gasteiger partial charge in [-0.1, -0.05) is 12.1 Å². The molecule has 2 amide bonds. The molecule has 2 aromatic carbocycles. The fraction of sp³-hybridized carbons (Fsp3) is 0.263. The molecule has 0 spiro atoms. The van der Waals surface area contributed by atoms with E-state index in [1.807, 2.05) is 24.3 Å². The number of anilines is 3. The third kappa shape index (κ3) is 4.05. The minimum atomic E-state index is -0.265. The molecule has 0 radical (unpaired) electrons. The topological polar surface area (TPSA) is 100 Å². The molecule has 140 valence electrons. The van der Waals surface area contributed by atoms with Gasteiger partial charge in [0.25, 0.3) is 0 Å². The summed E-state index contributed by atoms with van der Waals surface area (Å²) in [5, 5.41) is 9.39. The van der Waals surface area contributed by atoms with E-state index in [-0.39, 0.29) is 30.3 Å². The number of nitroso groups, excluding NO2 is 1. The van der Waals surface area contributed by atoms with Crippen LogP contribution in [-0.2, 0) is 9.59 Å². The van der Waals surface area contributed by atoms with Crippen molar-refractivity contribution in [2.45, 2.75) is 12.8 Å². The number of para-hydroxylation sites is 2. The van der Waals surface area contributed by atoms with Gasteiger partial charge < -0.3 is 15.4 Å². The molecule has 1 aliphatic rings. The van der Waals surface area contributed by atoms with Crippen LogP contribution in [0.3, 0.4) is 0 Å². The Morgan fingerprint density at radius 3 is 2.33 bits per heavy atom. The highest BCUT2D eigenvalue weighted by molar-refractivity contribution is 6.20. The first-order valence-corrected chi connectivity index (χ1v) is 8.58. The van der Waals surface area contributed by atoms with Gasteiger partial charge in [0.05, 0.1) is 24.2 Å². The van der Waals surface area contributed by atoms with Crippen molar-refractivity contribution >= 4 is 34.6 Å². The van der Waals surface area contributed by atoms with Crippen LogP contribution in [0.4, 0.5) is 22.7 Å². The zero-order chi connectivity index (χ0) is 19.2. The van der Waals surface area contributed by atoms with Gasteiger partial charge in [-0.3, -0.25) is 14.5 Å². The number of imide groups is 1. The van der Waals surface area contributed by atoms with E-state index in [1.165, 1.54) is 6.07 Å². The Balaban J connectivity index is 1.62. The lowest BCUT2D eigenvalue weighted by atomic mass is 10.2. The van der Waals surface area contributed by atoms with Crippen LogP contribution in [0.25, 0.3) is 0 Å². The molecule has 0 saturated carbocycles. The molecule has 1 aliphatic heterocycles. The van der Waals surface area contributed by atoms with E-state index < -0.39 is 0 Å². The first-order valence-electron chi connectivity index (χ1n) is 8.58. The van der Waals surface area contributed by atoms with E-state index in [2.05, 4.69) is 15.8 Å². The Morgan fingerprint density at radius 2 is 1.67 bits per heavy atom. The van der Waals surface area contributed by atoms with Crippen molar-refractivity contribution in [1.82, 2.24) is 0 Å². The summed E-state index contributed by atoms with van der Waals surface area (Å²) >= 11 is 0. The summed E-state index contributed by atoms with van der Waals surface area (Å²) in [6.07, 6.45) is 0.384. The molecule has 8 heteroatoms. The van der Waals surface area contributed by atoms with Gasteiger partial charge in [-0.25, -0.2) is 0 Å². The zero-order valence-electron chi connectivity index (χ0n) is 14.9. The summed E-state index contributed by atoms with van der Waals surface area (Å²) in [5.74, 6) is 0.217. The molecule has 27 heavy (non-hydrogen) atoms. The number of benzene rings is 2. The minimum absolute atomic E-state index is 0.150. The van der Waals surface area contributed by atoms with Crippen molar-refractivity contribution in [1.29, 1.82) is 0 Å². The van der Waals surface area contributed by atoms with Crippen LogP contribution < -0.4 is 20.3 Å². The Bertz CT molecular complexity index is 853. The summed E-state index contributed by atoms with van der Waals surface area (Å²) in [6.45, 7) is 1.12. The molecule has 8 nitrogen and oxygen atoms in total. The molecule has 1 fully saturated rings. The molecule has 2 N–H and O–H groups in total. The Hall–Kier alpha value is -3.42. The molecular weight excluding hydrogens is 348 g/mol. The van der Waals surface area contributed by atoms with Crippen molar-refractivity contribution in [2.75, 3.05) is 35.7 Å². The van der Waals surface area contributed by atoms with Gasteiger partial charge in [0, 0.05) is 25.9 Å². The van der Waals surface area contributed by atoms with E-state index in [0.29, 0.717) is 24.5 Å². The lowest BCUT2D eigenvalue weighted by molar-refractivity contribution is -0.121. The molecule has 0 bridgehead atoms. The molecule has 3 rings (SSSR count). The lowest BCUT2D eigenvalue weighted by Gasteiger charge is -2.16. The number of nitrogens with zero attached hydrogens (tertiary/aromatic N) is 2. The number of nitrogens with one attached hydrogen (secondary N) is 2. The smallest absolute Gasteiger partial charge is 0.234 e. The molecular formula is C19H20N4O4. The average molecular weight is 368 g/mol. The van der Waals surface area contributed by atoms with Gasteiger partial charge in [-0.15, -0.1) is 4.91 Å². The highest BCUT2D eigenvalue weighted by Gasteiger charge is 2.30. The first kappa shape index (κ1) is 18.4. The van der Waals surface area contributed by atoms with E-state index in [1.54, 1.807) is 19.2 Å². The van der Waals surface area contributed by atoms with Gasteiger partial charge in [0.2, 0.25) is 11.8 Å². The highest BCUT2D eigenvalue weighted by atomic mass is 16.5. The van der Waals surface area contributed by atoms with Gasteiger partial charge in [-0.05, 0) is 35.5 Å². The third-order valence-electron chi connectivity index (χ3n) is 4.25. The summed E-state index contributed by atoms with van der Waals surface area (Å²) < 4.78 is 5.28. The fourth-order valence-electron chi connectivity index (χ4n) is 2.93. The summed E-state index contributed by atoms with van der Waals surface area (Å²) in [4.78, 5) is 35.9. The molecule has 1 heterocycles. The lowest BCUT2D eigenvalue weighted by Crippen LogP contribution is -2.28. The number of carbonyl (C=O) groups is 2. The predicted molar refractivity (Wildman–Crippen MR) is 104 cm³/mol. The number of methoxy groups -OCH3 is 1. The van der Waals surface area contributed by atoms with Gasteiger partial charge in [0.1, 0.15) is 11.4 Å². The Kier molecular flexibility index (Phi) is 5.65. The van der Waals surface area contributed by atoms with Gasteiger partial charge in [-0.2, -0.15) is 0 Å². The van der Waals surface area contributed by atoms with Gasteiger partial charge in [0.15, 0.2) is 0 Å². The van der Waals surface area contributed by atoms with Crippen molar-refractivity contribution < 1.29 is 14.3 Å².